The Labute approximate surface area is 93.5 Å². The lowest BCUT2D eigenvalue weighted by Crippen LogP contribution is -2.21. The fraction of sp³-hybridized carbons (Fsp3) is 0.545. The van der Waals surface area contributed by atoms with E-state index in [1.54, 1.807) is 0 Å². The lowest BCUT2D eigenvalue weighted by atomic mass is 10.3. The molecular weight excluding hydrogens is 240 g/mol. The maximum atomic E-state index is 4.42. The van der Waals surface area contributed by atoms with Crippen LogP contribution in [0.3, 0.4) is 0 Å². The van der Waals surface area contributed by atoms with Crippen LogP contribution in [0.2, 0.25) is 0 Å². The van der Waals surface area contributed by atoms with Crippen molar-refractivity contribution in [3.8, 4) is 0 Å². The van der Waals surface area contributed by atoms with Gasteiger partial charge in [0.15, 0.2) is 0 Å². The molecule has 1 fully saturated rings. The quantitative estimate of drug-likeness (QED) is 0.772. The number of halogens is 1. The fourth-order valence-corrected chi connectivity index (χ4v) is 2.04. The third-order valence-electron chi connectivity index (χ3n) is 2.88. The largest absolute Gasteiger partial charge is 0.359 e. The van der Waals surface area contributed by atoms with Crippen molar-refractivity contribution in [3.05, 3.63) is 22.8 Å². The van der Waals surface area contributed by atoms with Crippen molar-refractivity contribution in [1.82, 2.24) is 4.98 Å². The van der Waals surface area contributed by atoms with E-state index in [9.17, 15) is 0 Å². The van der Waals surface area contributed by atoms with Crippen molar-refractivity contribution < 1.29 is 0 Å². The van der Waals surface area contributed by atoms with Gasteiger partial charge in [-0.1, -0.05) is 13.0 Å². The molecule has 1 aliphatic rings. The summed E-state index contributed by atoms with van der Waals surface area (Å²) in [6.07, 6.45) is 1.37. The van der Waals surface area contributed by atoms with Gasteiger partial charge in [-0.25, -0.2) is 4.98 Å². The maximum absolute atomic E-state index is 4.42. The highest BCUT2D eigenvalue weighted by Crippen LogP contribution is 2.38. The van der Waals surface area contributed by atoms with Crippen molar-refractivity contribution in [2.45, 2.75) is 13.3 Å². The van der Waals surface area contributed by atoms with Gasteiger partial charge >= 0.3 is 0 Å². The Morgan fingerprint density at radius 2 is 2.29 bits per heavy atom. The number of aromatic nitrogens is 1. The normalized spacial score (nSPS) is 24.8. The standard InChI is InChI=1S/C11H15BrN2/c1-8-6-9(8)7-14(2)11-5-3-4-10(12)13-11/h3-5,8-9H,6-7H2,1-2H3. The summed E-state index contributed by atoms with van der Waals surface area (Å²) in [5.74, 6) is 2.84. The van der Waals surface area contributed by atoms with Gasteiger partial charge in [-0.15, -0.1) is 0 Å². The van der Waals surface area contributed by atoms with E-state index in [0.29, 0.717) is 0 Å². The van der Waals surface area contributed by atoms with E-state index >= 15 is 0 Å². The van der Waals surface area contributed by atoms with Gasteiger partial charge in [-0.2, -0.15) is 0 Å². The molecule has 0 amide bonds. The molecule has 2 atom stereocenters. The molecule has 1 saturated carbocycles. The third kappa shape index (κ3) is 2.27. The average Bonchev–Trinajstić information content (AvgIpc) is 2.81. The number of nitrogens with zero attached hydrogens (tertiary/aromatic N) is 2. The van der Waals surface area contributed by atoms with Gasteiger partial charge in [-0.3, -0.25) is 0 Å². The van der Waals surface area contributed by atoms with E-state index in [4.69, 9.17) is 0 Å². The summed E-state index contributed by atoms with van der Waals surface area (Å²) in [6, 6.07) is 6.04. The molecule has 14 heavy (non-hydrogen) atoms. The Kier molecular flexibility index (Phi) is 2.77. The lowest BCUT2D eigenvalue weighted by molar-refractivity contribution is 0.719. The molecule has 2 rings (SSSR count). The van der Waals surface area contributed by atoms with Gasteiger partial charge in [0.1, 0.15) is 10.4 Å². The van der Waals surface area contributed by atoms with E-state index in [0.717, 1.165) is 28.8 Å². The molecule has 1 heterocycles. The minimum atomic E-state index is 0.876. The first-order valence-corrected chi connectivity index (χ1v) is 5.80. The number of hydrogen-bond acceptors (Lipinski definition) is 2. The van der Waals surface area contributed by atoms with Crippen molar-refractivity contribution in [2.75, 3.05) is 18.5 Å². The van der Waals surface area contributed by atoms with Crippen LogP contribution < -0.4 is 4.90 Å². The molecule has 0 radical (unpaired) electrons. The number of anilines is 1. The van der Waals surface area contributed by atoms with Gasteiger partial charge in [0.25, 0.3) is 0 Å². The van der Waals surface area contributed by atoms with Crippen LogP contribution in [-0.4, -0.2) is 18.6 Å². The molecule has 2 unspecified atom stereocenters. The van der Waals surface area contributed by atoms with Crippen molar-refractivity contribution in [2.24, 2.45) is 11.8 Å². The zero-order chi connectivity index (χ0) is 10.1. The van der Waals surface area contributed by atoms with Crippen LogP contribution in [0.25, 0.3) is 0 Å². The number of hydrogen-bond donors (Lipinski definition) is 0. The van der Waals surface area contributed by atoms with Crippen molar-refractivity contribution in [3.63, 3.8) is 0 Å². The lowest BCUT2D eigenvalue weighted by Gasteiger charge is -2.17. The monoisotopic (exact) mass is 254 g/mol. The van der Waals surface area contributed by atoms with Crippen LogP contribution >= 0.6 is 15.9 Å². The predicted molar refractivity (Wildman–Crippen MR) is 62.5 cm³/mol. The molecule has 0 aromatic carbocycles. The van der Waals surface area contributed by atoms with Gasteiger partial charge in [0, 0.05) is 13.6 Å². The predicted octanol–water partition coefficient (Wildman–Crippen LogP) is 2.94. The van der Waals surface area contributed by atoms with E-state index in [-0.39, 0.29) is 0 Å². The first-order valence-electron chi connectivity index (χ1n) is 5.00. The van der Waals surface area contributed by atoms with Gasteiger partial charge in [0.2, 0.25) is 0 Å². The highest BCUT2D eigenvalue weighted by atomic mass is 79.9. The molecule has 1 aromatic rings. The van der Waals surface area contributed by atoms with Gasteiger partial charge in [0.05, 0.1) is 0 Å². The third-order valence-corrected chi connectivity index (χ3v) is 3.32. The molecule has 76 valence electrons. The van der Waals surface area contributed by atoms with Crippen LogP contribution in [0.5, 0.6) is 0 Å². The summed E-state index contributed by atoms with van der Waals surface area (Å²) >= 11 is 3.39. The van der Waals surface area contributed by atoms with Crippen molar-refractivity contribution >= 4 is 21.7 Å². The van der Waals surface area contributed by atoms with Gasteiger partial charge < -0.3 is 4.90 Å². The van der Waals surface area contributed by atoms with Crippen LogP contribution in [0.1, 0.15) is 13.3 Å². The highest BCUT2D eigenvalue weighted by Gasteiger charge is 2.33. The first-order chi connectivity index (χ1) is 6.66. The molecule has 2 nitrogen and oxygen atoms in total. The van der Waals surface area contributed by atoms with Gasteiger partial charge in [-0.05, 0) is 46.3 Å². The smallest absolute Gasteiger partial charge is 0.129 e. The molecule has 0 N–H and O–H groups in total. The molecule has 1 aromatic heterocycles. The highest BCUT2D eigenvalue weighted by molar-refractivity contribution is 9.10. The first kappa shape index (κ1) is 9.97. The van der Waals surface area contributed by atoms with E-state index in [1.807, 2.05) is 12.1 Å². The average molecular weight is 255 g/mol. The van der Waals surface area contributed by atoms with E-state index in [1.165, 1.54) is 6.42 Å². The molecule has 1 aliphatic carbocycles. The second-order valence-electron chi connectivity index (χ2n) is 4.17. The van der Waals surface area contributed by atoms with E-state index in [2.05, 4.69) is 45.9 Å². The van der Waals surface area contributed by atoms with Crippen LogP contribution in [0.15, 0.2) is 22.8 Å². The summed E-state index contributed by atoms with van der Waals surface area (Å²) < 4.78 is 0.908. The number of rotatable bonds is 3. The Bertz CT molecular complexity index is 327. The Hall–Kier alpha value is -0.570. The summed E-state index contributed by atoms with van der Waals surface area (Å²) in [5, 5.41) is 0. The zero-order valence-electron chi connectivity index (χ0n) is 8.57. The fourth-order valence-electron chi connectivity index (χ4n) is 1.71. The van der Waals surface area contributed by atoms with E-state index < -0.39 is 0 Å². The van der Waals surface area contributed by atoms with Crippen molar-refractivity contribution in [1.29, 1.82) is 0 Å². The molecule has 3 heteroatoms. The van der Waals surface area contributed by atoms with Crippen LogP contribution in [0, 0.1) is 11.8 Å². The minimum Gasteiger partial charge on any atom is -0.359 e. The zero-order valence-corrected chi connectivity index (χ0v) is 10.2. The molecule has 0 aliphatic heterocycles. The Balaban J connectivity index is 2.00. The molecule has 0 saturated heterocycles. The summed E-state index contributed by atoms with van der Waals surface area (Å²) in [4.78, 5) is 6.66. The van der Waals surface area contributed by atoms with Crippen LogP contribution in [-0.2, 0) is 0 Å². The molecular formula is C11H15BrN2. The summed E-state index contributed by atoms with van der Waals surface area (Å²) in [7, 11) is 2.11. The SMILES string of the molecule is CC1CC1CN(C)c1cccc(Br)n1. The maximum Gasteiger partial charge on any atom is 0.129 e. The minimum absolute atomic E-state index is 0.876. The topological polar surface area (TPSA) is 16.1 Å². The second-order valence-corrected chi connectivity index (χ2v) is 4.98. The molecule has 0 bridgehead atoms. The summed E-state index contributed by atoms with van der Waals surface area (Å²) in [6.45, 7) is 3.44. The van der Waals surface area contributed by atoms with Crippen LogP contribution in [0.4, 0.5) is 5.82 Å². The Morgan fingerprint density at radius 1 is 1.57 bits per heavy atom. The second kappa shape index (κ2) is 3.89. The summed E-state index contributed by atoms with van der Waals surface area (Å²) in [5.41, 5.74) is 0. The number of pyridine rings is 1. The molecule has 0 spiro atoms. The Morgan fingerprint density at radius 3 is 2.86 bits per heavy atom.